The van der Waals surface area contributed by atoms with Crippen molar-refractivity contribution < 1.29 is 18.7 Å². The number of rotatable bonds is 5. The Labute approximate surface area is 144 Å². The third kappa shape index (κ3) is 3.80. The van der Waals surface area contributed by atoms with E-state index in [2.05, 4.69) is 10.2 Å². The Morgan fingerprint density at radius 3 is 2.40 bits per heavy atom. The molecule has 25 heavy (non-hydrogen) atoms. The van der Waals surface area contributed by atoms with Crippen LogP contribution in [0.1, 0.15) is 45.2 Å². The average molecular weight is 336 g/mol. The molecule has 0 aliphatic heterocycles. The molecule has 6 nitrogen and oxygen atoms in total. The number of ether oxygens (including phenoxy) is 1. The molecule has 3 rings (SSSR count). The number of hydrogen-bond donors (Lipinski definition) is 0. The summed E-state index contributed by atoms with van der Waals surface area (Å²) in [4.78, 5) is 22.8. The van der Waals surface area contributed by atoms with Crippen molar-refractivity contribution in [2.45, 2.75) is 20.0 Å². The van der Waals surface area contributed by atoms with Gasteiger partial charge in [0.25, 0.3) is 5.89 Å². The molecule has 0 amide bonds. The molecule has 0 saturated carbocycles. The Morgan fingerprint density at radius 2 is 1.76 bits per heavy atom. The van der Waals surface area contributed by atoms with Gasteiger partial charge in [-0.2, -0.15) is 0 Å². The minimum Gasteiger partial charge on any atom is -0.449 e. The van der Waals surface area contributed by atoms with Gasteiger partial charge in [-0.3, -0.25) is 4.79 Å². The maximum atomic E-state index is 12.1. The van der Waals surface area contributed by atoms with Crippen LogP contribution in [-0.4, -0.2) is 22.5 Å². The second-order valence-electron chi connectivity index (χ2n) is 5.60. The highest BCUT2D eigenvalue weighted by Gasteiger charge is 2.20. The van der Waals surface area contributed by atoms with Gasteiger partial charge in [-0.15, -0.1) is 10.2 Å². The van der Waals surface area contributed by atoms with E-state index in [4.69, 9.17) is 9.15 Å². The van der Waals surface area contributed by atoms with E-state index in [-0.39, 0.29) is 5.89 Å². The second kappa shape index (κ2) is 7.09. The van der Waals surface area contributed by atoms with E-state index in [1.54, 1.807) is 19.1 Å². The fourth-order valence-electron chi connectivity index (χ4n) is 2.19. The lowest BCUT2D eigenvalue weighted by Gasteiger charge is -2.09. The van der Waals surface area contributed by atoms with Crippen LogP contribution in [0.2, 0.25) is 0 Å². The fraction of sp³-hybridized carbons (Fsp3) is 0.158. The van der Waals surface area contributed by atoms with E-state index >= 15 is 0 Å². The van der Waals surface area contributed by atoms with Crippen LogP contribution < -0.4 is 0 Å². The summed E-state index contributed by atoms with van der Waals surface area (Å²) in [7, 11) is 0. The summed E-state index contributed by atoms with van der Waals surface area (Å²) in [6, 6.07) is 13.8. The zero-order valence-corrected chi connectivity index (χ0v) is 13.8. The van der Waals surface area contributed by atoms with E-state index in [1.807, 2.05) is 31.2 Å². The molecule has 1 atom stereocenters. The summed E-state index contributed by atoms with van der Waals surface area (Å²) in [5.74, 6) is 0.0571. The van der Waals surface area contributed by atoms with Crippen molar-refractivity contribution >= 4 is 12.3 Å². The first-order valence-electron chi connectivity index (χ1n) is 7.73. The highest BCUT2D eigenvalue weighted by atomic mass is 16.6. The molecule has 3 aromatic rings. The van der Waals surface area contributed by atoms with Gasteiger partial charge in [-0.25, -0.2) is 4.79 Å². The molecule has 0 saturated heterocycles. The van der Waals surface area contributed by atoms with Crippen molar-refractivity contribution in [2.75, 3.05) is 0 Å². The number of carbonyl (C=O) groups excluding carboxylic acids is 2. The molecule has 0 aliphatic carbocycles. The van der Waals surface area contributed by atoms with Crippen LogP contribution in [0.3, 0.4) is 0 Å². The maximum Gasteiger partial charge on any atom is 0.338 e. The zero-order valence-electron chi connectivity index (χ0n) is 13.8. The van der Waals surface area contributed by atoms with Gasteiger partial charge < -0.3 is 9.15 Å². The first-order chi connectivity index (χ1) is 12.1. The Bertz CT molecular complexity index is 883. The van der Waals surface area contributed by atoms with Crippen LogP contribution in [0, 0.1) is 6.92 Å². The highest BCUT2D eigenvalue weighted by Crippen LogP contribution is 2.23. The molecule has 0 spiro atoms. The lowest BCUT2D eigenvalue weighted by Crippen LogP contribution is -2.09. The van der Waals surface area contributed by atoms with Crippen molar-refractivity contribution in [1.82, 2.24) is 10.2 Å². The highest BCUT2D eigenvalue weighted by molar-refractivity contribution is 5.90. The lowest BCUT2D eigenvalue weighted by molar-refractivity contribution is 0.0279. The van der Waals surface area contributed by atoms with Crippen molar-refractivity contribution in [3.63, 3.8) is 0 Å². The van der Waals surface area contributed by atoms with Crippen LogP contribution in [0.4, 0.5) is 0 Å². The molecule has 0 bridgehead atoms. The smallest absolute Gasteiger partial charge is 0.338 e. The molecule has 0 aliphatic rings. The molecule has 126 valence electrons. The Balaban J connectivity index is 1.70. The number of nitrogens with zero attached hydrogens (tertiary/aromatic N) is 2. The van der Waals surface area contributed by atoms with Crippen molar-refractivity contribution in [1.29, 1.82) is 0 Å². The van der Waals surface area contributed by atoms with Crippen molar-refractivity contribution in [3.8, 4) is 11.5 Å². The topological polar surface area (TPSA) is 82.3 Å². The number of carbonyl (C=O) groups is 2. The van der Waals surface area contributed by atoms with Gasteiger partial charge >= 0.3 is 5.97 Å². The predicted molar refractivity (Wildman–Crippen MR) is 90.1 cm³/mol. The first-order valence-corrected chi connectivity index (χ1v) is 7.73. The standard InChI is InChI=1S/C19H16N2O4/c1-12-3-7-15(8-4-12)18-21-20-17(25-18)13(2)24-19(23)16-9-5-14(11-22)6-10-16/h3-11,13H,1-2H3. The van der Waals surface area contributed by atoms with Crippen molar-refractivity contribution in [3.05, 3.63) is 71.1 Å². The van der Waals surface area contributed by atoms with Crippen LogP contribution in [0.15, 0.2) is 52.9 Å². The summed E-state index contributed by atoms with van der Waals surface area (Å²) >= 11 is 0. The third-order valence-electron chi connectivity index (χ3n) is 3.65. The molecule has 1 unspecified atom stereocenters. The summed E-state index contributed by atoms with van der Waals surface area (Å²) in [5, 5.41) is 7.94. The lowest BCUT2D eigenvalue weighted by atomic mass is 10.1. The van der Waals surface area contributed by atoms with Crippen LogP contribution in [-0.2, 0) is 4.74 Å². The summed E-state index contributed by atoms with van der Waals surface area (Å²) in [6.45, 7) is 3.65. The Kier molecular flexibility index (Phi) is 4.70. The maximum absolute atomic E-state index is 12.1. The van der Waals surface area contributed by atoms with Crippen LogP contribution in [0.5, 0.6) is 0 Å². The van der Waals surface area contributed by atoms with E-state index < -0.39 is 12.1 Å². The van der Waals surface area contributed by atoms with Gasteiger partial charge in [0.15, 0.2) is 6.10 Å². The molecule has 1 heterocycles. The number of hydrogen-bond acceptors (Lipinski definition) is 6. The van der Waals surface area contributed by atoms with E-state index in [9.17, 15) is 9.59 Å². The van der Waals surface area contributed by atoms with Gasteiger partial charge in [0.2, 0.25) is 5.89 Å². The van der Waals surface area contributed by atoms with Gasteiger partial charge in [-0.05, 0) is 38.1 Å². The summed E-state index contributed by atoms with van der Waals surface area (Å²) in [6.07, 6.45) is 0.0212. The molecular formula is C19H16N2O4. The van der Waals surface area contributed by atoms with Crippen molar-refractivity contribution in [2.24, 2.45) is 0 Å². The van der Waals surface area contributed by atoms with Gasteiger partial charge in [0.1, 0.15) is 6.29 Å². The minimum absolute atomic E-state index is 0.216. The Morgan fingerprint density at radius 1 is 1.08 bits per heavy atom. The normalized spacial score (nSPS) is 11.8. The molecule has 6 heteroatoms. The largest absolute Gasteiger partial charge is 0.449 e. The second-order valence-corrected chi connectivity index (χ2v) is 5.60. The van der Waals surface area contributed by atoms with E-state index in [1.165, 1.54) is 12.1 Å². The number of esters is 1. The SMILES string of the molecule is Cc1ccc(-c2nnc(C(C)OC(=O)c3ccc(C=O)cc3)o2)cc1. The summed E-state index contributed by atoms with van der Waals surface area (Å²) in [5.41, 5.74) is 2.76. The van der Waals surface area contributed by atoms with Crippen LogP contribution >= 0.6 is 0 Å². The van der Waals surface area contributed by atoms with Crippen LogP contribution in [0.25, 0.3) is 11.5 Å². The number of aryl methyl sites for hydroxylation is 1. The molecule has 2 aromatic carbocycles. The summed E-state index contributed by atoms with van der Waals surface area (Å²) < 4.78 is 10.9. The predicted octanol–water partition coefficient (Wildman–Crippen LogP) is 3.78. The molecule has 0 N–H and O–H groups in total. The molecule has 0 fully saturated rings. The molecule has 1 aromatic heterocycles. The van der Waals surface area contributed by atoms with E-state index in [0.29, 0.717) is 23.3 Å². The monoisotopic (exact) mass is 336 g/mol. The number of aldehydes is 1. The van der Waals surface area contributed by atoms with Gasteiger partial charge in [0.05, 0.1) is 5.56 Å². The fourth-order valence-corrected chi connectivity index (χ4v) is 2.19. The Hall–Kier alpha value is -3.28. The first kappa shape index (κ1) is 16.6. The zero-order chi connectivity index (χ0) is 17.8. The quantitative estimate of drug-likeness (QED) is 0.521. The average Bonchev–Trinajstić information content (AvgIpc) is 3.12. The molecular weight excluding hydrogens is 320 g/mol. The minimum atomic E-state index is -0.690. The number of aromatic nitrogens is 2. The van der Waals surface area contributed by atoms with Gasteiger partial charge in [-0.1, -0.05) is 29.8 Å². The van der Waals surface area contributed by atoms with E-state index in [0.717, 1.165) is 11.1 Å². The molecule has 0 radical (unpaired) electrons. The number of benzene rings is 2. The van der Waals surface area contributed by atoms with Gasteiger partial charge in [0, 0.05) is 11.1 Å². The third-order valence-corrected chi connectivity index (χ3v) is 3.65.